The number of carbonyl (C=O) groups is 2. The number of alkyl halides is 1. The molecule has 10 nitrogen and oxygen atoms in total. The highest BCUT2D eigenvalue weighted by Gasteiger charge is 2.42. The zero-order chi connectivity index (χ0) is 28.1. The lowest BCUT2D eigenvalue weighted by molar-refractivity contribution is -0.134. The average molecular weight is 559 g/mol. The predicted molar refractivity (Wildman–Crippen MR) is 145 cm³/mol. The number of hydrogen-bond acceptors (Lipinski definition) is 6. The first kappa shape index (κ1) is 27.4. The Morgan fingerprint density at radius 2 is 1.92 bits per heavy atom. The number of piperazine rings is 1. The van der Waals surface area contributed by atoms with E-state index in [2.05, 4.69) is 20.6 Å². The molecule has 5 rings (SSSR count). The van der Waals surface area contributed by atoms with Crippen molar-refractivity contribution >= 4 is 38.4 Å². The summed E-state index contributed by atoms with van der Waals surface area (Å²) in [5.74, 6) is 1.50. The van der Waals surface area contributed by atoms with E-state index in [9.17, 15) is 22.4 Å². The molecule has 3 fully saturated rings. The molecule has 2 amide bonds. The summed E-state index contributed by atoms with van der Waals surface area (Å²) in [4.78, 5) is 30.1. The average Bonchev–Trinajstić information content (AvgIpc) is 3.30. The van der Waals surface area contributed by atoms with Crippen LogP contribution < -0.4 is 9.62 Å². The molecule has 210 valence electrons. The number of carbonyl (C=O) groups excluding carboxylic acids is 2. The molecule has 1 saturated carbocycles. The van der Waals surface area contributed by atoms with Gasteiger partial charge in [-0.25, -0.2) is 17.5 Å². The van der Waals surface area contributed by atoms with Gasteiger partial charge in [-0.3, -0.25) is 14.3 Å². The van der Waals surface area contributed by atoms with Crippen LogP contribution in [0, 0.1) is 18.3 Å². The molecule has 1 aliphatic carbocycles. The zero-order valence-electron chi connectivity index (χ0n) is 22.6. The molecule has 1 N–H and O–H groups in total. The molecule has 2 saturated heterocycles. The number of likely N-dealkylation sites (tertiary alicyclic amines) is 1. The number of rotatable bonds is 7. The van der Waals surface area contributed by atoms with Crippen molar-refractivity contribution < 1.29 is 22.4 Å². The number of anilines is 1. The van der Waals surface area contributed by atoms with Crippen LogP contribution in [0.4, 0.5) is 10.1 Å². The van der Waals surface area contributed by atoms with Crippen LogP contribution in [0.15, 0.2) is 23.2 Å². The van der Waals surface area contributed by atoms with Gasteiger partial charge < -0.3 is 14.7 Å². The SMILES string of the molecule is C#CC(=O)N1C[C@@H](n2ncc3c(N4CCN(C(=O)C(C)C)CC4)cc(S(=O)(=O)NC4(C)CC4)cc32)C[C@@H]1CF. The van der Waals surface area contributed by atoms with E-state index in [1.54, 1.807) is 23.0 Å². The molecule has 1 aromatic carbocycles. The summed E-state index contributed by atoms with van der Waals surface area (Å²) in [6.45, 7) is 7.26. The first-order valence-corrected chi connectivity index (χ1v) is 14.9. The van der Waals surface area contributed by atoms with Gasteiger partial charge in [0.05, 0.1) is 28.7 Å². The van der Waals surface area contributed by atoms with Crippen molar-refractivity contribution in [1.29, 1.82) is 0 Å². The Hall–Kier alpha value is -3.17. The molecule has 0 unspecified atom stereocenters. The predicted octanol–water partition coefficient (Wildman–Crippen LogP) is 1.92. The minimum Gasteiger partial charge on any atom is -0.367 e. The maximum absolute atomic E-state index is 13.8. The van der Waals surface area contributed by atoms with Gasteiger partial charge in [-0.2, -0.15) is 5.10 Å². The summed E-state index contributed by atoms with van der Waals surface area (Å²) in [6.07, 6.45) is 8.87. The highest BCUT2D eigenvalue weighted by molar-refractivity contribution is 7.89. The topological polar surface area (TPSA) is 108 Å². The Kier molecular flexibility index (Phi) is 7.09. The molecule has 2 atom stereocenters. The second kappa shape index (κ2) is 10.1. The van der Waals surface area contributed by atoms with E-state index >= 15 is 0 Å². The van der Waals surface area contributed by atoms with Gasteiger partial charge in [0.1, 0.15) is 6.67 Å². The Morgan fingerprint density at radius 1 is 1.23 bits per heavy atom. The van der Waals surface area contributed by atoms with E-state index < -0.39 is 34.2 Å². The molecule has 12 heteroatoms. The number of amides is 2. The van der Waals surface area contributed by atoms with Crippen molar-refractivity contribution in [3.63, 3.8) is 0 Å². The monoisotopic (exact) mass is 558 g/mol. The Morgan fingerprint density at radius 3 is 2.51 bits per heavy atom. The van der Waals surface area contributed by atoms with E-state index in [4.69, 9.17) is 6.42 Å². The molecule has 2 aliphatic heterocycles. The van der Waals surface area contributed by atoms with Crippen LogP contribution in [-0.4, -0.2) is 90.8 Å². The molecule has 1 aromatic heterocycles. The molecule has 0 radical (unpaired) electrons. The van der Waals surface area contributed by atoms with Gasteiger partial charge >= 0.3 is 0 Å². The summed E-state index contributed by atoms with van der Waals surface area (Å²) >= 11 is 0. The van der Waals surface area contributed by atoms with Crippen molar-refractivity contribution in [3.8, 4) is 12.3 Å². The third-order valence-corrected chi connectivity index (χ3v) is 9.70. The molecular weight excluding hydrogens is 523 g/mol. The first-order chi connectivity index (χ1) is 18.5. The van der Waals surface area contributed by atoms with Crippen molar-refractivity contribution in [2.75, 3.05) is 44.3 Å². The van der Waals surface area contributed by atoms with Crippen LogP contribution in [0.5, 0.6) is 0 Å². The normalized spacial score (nSPS) is 22.9. The number of nitrogens with zero attached hydrogens (tertiary/aromatic N) is 5. The van der Waals surface area contributed by atoms with Crippen LogP contribution in [0.1, 0.15) is 46.1 Å². The van der Waals surface area contributed by atoms with Gasteiger partial charge in [0.15, 0.2) is 0 Å². The molecule has 3 aliphatic rings. The number of halogens is 1. The summed E-state index contributed by atoms with van der Waals surface area (Å²) < 4.78 is 45.3. The number of sulfonamides is 1. The fraction of sp³-hybridized carbons (Fsp3) is 0.593. The lowest BCUT2D eigenvalue weighted by atomic mass is 10.1. The second-order valence-electron chi connectivity index (χ2n) is 11.4. The summed E-state index contributed by atoms with van der Waals surface area (Å²) in [5, 5.41) is 5.35. The fourth-order valence-corrected chi connectivity index (χ4v) is 7.07. The van der Waals surface area contributed by atoms with E-state index in [0.717, 1.165) is 18.2 Å². The van der Waals surface area contributed by atoms with Crippen LogP contribution >= 0.6 is 0 Å². The third kappa shape index (κ3) is 5.22. The van der Waals surface area contributed by atoms with Crippen LogP contribution in [-0.2, 0) is 19.6 Å². The van der Waals surface area contributed by atoms with Crippen LogP contribution in [0.25, 0.3) is 10.9 Å². The zero-order valence-corrected chi connectivity index (χ0v) is 23.4. The van der Waals surface area contributed by atoms with E-state index in [1.807, 2.05) is 25.7 Å². The lowest BCUT2D eigenvalue weighted by Gasteiger charge is -2.37. The molecule has 0 spiro atoms. The number of aromatic nitrogens is 2. The summed E-state index contributed by atoms with van der Waals surface area (Å²) in [5.41, 5.74) is 0.854. The first-order valence-electron chi connectivity index (χ1n) is 13.4. The molecule has 0 bridgehead atoms. The number of terminal acetylenes is 1. The number of fused-ring (bicyclic) bond motifs is 1. The van der Waals surface area contributed by atoms with Gasteiger partial charge in [-0.15, -0.1) is 6.42 Å². The van der Waals surface area contributed by atoms with E-state index in [1.165, 1.54) is 4.90 Å². The second-order valence-corrected chi connectivity index (χ2v) is 13.1. The lowest BCUT2D eigenvalue weighted by Crippen LogP contribution is -2.50. The number of benzene rings is 1. The van der Waals surface area contributed by atoms with Crippen molar-refractivity contribution in [2.24, 2.45) is 5.92 Å². The van der Waals surface area contributed by atoms with E-state index in [0.29, 0.717) is 43.8 Å². The Bertz CT molecular complexity index is 1440. The number of nitrogens with one attached hydrogen (secondary N) is 1. The van der Waals surface area contributed by atoms with Crippen LogP contribution in [0.3, 0.4) is 0 Å². The minimum absolute atomic E-state index is 0.0923. The Balaban J connectivity index is 1.53. The standard InChI is InChI=1S/C27H35FN6O4S/c1-5-25(35)33-17-20(12-19(33)15-28)34-24-14-21(39(37,38)30-27(4)6-7-27)13-23(22(24)16-29-34)31-8-10-32(11-9-31)26(36)18(2)3/h1,13-14,16,18-20,30H,6-12,15,17H2,2-4H3/t19-,20+/m1/s1. The van der Waals surface area contributed by atoms with Gasteiger partial charge in [-0.05, 0) is 44.2 Å². The van der Waals surface area contributed by atoms with Gasteiger partial charge in [0.2, 0.25) is 15.9 Å². The quantitative estimate of drug-likeness (QED) is 0.521. The minimum atomic E-state index is -3.84. The molecule has 39 heavy (non-hydrogen) atoms. The largest absolute Gasteiger partial charge is 0.367 e. The van der Waals surface area contributed by atoms with Crippen molar-refractivity contribution in [1.82, 2.24) is 24.3 Å². The highest BCUT2D eigenvalue weighted by Crippen LogP contribution is 2.39. The van der Waals surface area contributed by atoms with Gasteiger partial charge in [0.25, 0.3) is 5.91 Å². The summed E-state index contributed by atoms with van der Waals surface area (Å²) in [7, 11) is -3.84. The smallest absolute Gasteiger partial charge is 0.298 e. The highest BCUT2D eigenvalue weighted by atomic mass is 32.2. The summed E-state index contributed by atoms with van der Waals surface area (Å²) in [6, 6.07) is 2.26. The maximum atomic E-state index is 13.8. The van der Waals surface area contributed by atoms with Crippen LogP contribution in [0.2, 0.25) is 0 Å². The van der Waals surface area contributed by atoms with Crippen molar-refractivity contribution in [2.45, 2.75) is 62.6 Å². The van der Waals surface area contributed by atoms with Gasteiger partial charge in [-0.1, -0.05) is 13.8 Å². The van der Waals surface area contributed by atoms with Gasteiger partial charge in [0, 0.05) is 55.3 Å². The molecular formula is C27H35FN6O4S. The fourth-order valence-electron chi connectivity index (χ4n) is 5.56. The van der Waals surface area contributed by atoms with Crippen molar-refractivity contribution in [3.05, 3.63) is 18.3 Å². The van der Waals surface area contributed by atoms with E-state index in [-0.39, 0.29) is 29.3 Å². The molecule has 3 heterocycles. The molecule has 2 aromatic rings. The third-order valence-electron chi connectivity index (χ3n) is 8.09. The number of hydrogen-bond donors (Lipinski definition) is 1. The Labute approximate surface area is 228 Å². The maximum Gasteiger partial charge on any atom is 0.298 e.